The first-order valence-electron chi connectivity index (χ1n) is 10.9. The summed E-state index contributed by atoms with van der Waals surface area (Å²) in [5.74, 6) is 0.807. The van der Waals surface area contributed by atoms with E-state index in [1.165, 1.54) is 36.6 Å². The predicted octanol–water partition coefficient (Wildman–Crippen LogP) is 6.65. The van der Waals surface area contributed by atoms with Gasteiger partial charge in [-0.05, 0) is 63.3 Å². The lowest BCUT2D eigenvalue weighted by Crippen LogP contribution is -2.00. The molecule has 0 bridgehead atoms. The Labute approximate surface area is 179 Å². The van der Waals surface area contributed by atoms with Crippen LogP contribution in [-0.2, 0) is 12.8 Å². The van der Waals surface area contributed by atoms with Gasteiger partial charge in [-0.3, -0.25) is 4.98 Å². The Bertz CT molecular complexity index is 1100. The zero-order valence-electron chi connectivity index (χ0n) is 17.9. The molecular formula is C27H29N3. The average Bonchev–Trinajstić information content (AvgIpc) is 2.76. The van der Waals surface area contributed by atoms with Gasteiger partial charge in [-0.1, -0.05) is 61.4 Å². The van der Waals surface area contributed by atoms with Gasteiger partial charge in [0.05, 0.1) is 11.2 Å². The molecule has 152 valence electrons. The van der Waals surface area contributed by atoms with Crippen molar-refractivity contribution in [1.29, 1.82) is 0 Å². The Balaban J connectivity index is 1.45. The summed E-state index contributed by atoms with van der Waals surface area (Å²) >= 11 is 0. The molecule has 0 aliphatic carbocycles. The van der Waals surface area contributed by atoms with E-state index >= 15 is 0 Å². The van der Waals surface area contributed by atoms with E-state index in [9.17, 15) is 0 Å². The van der Waals surface area contributed by atoms with Gasteiger partial charge in [-0.2, -0.15) is 0 Å². The van der Waals surface area contributed by atoms with Crippen LogP contribution in [0.25, 0.3) is 22.3 Å². The number of fused-ring (bicyclic) bond motifs is 1. The van der Waals surface area contributed by atoms with Gasteiger partial charge >= 0.3 is 0 Å². The fraction of sp³-hybridized carbons (Fsp3) is 0.296. The molecule has 0 aliphatic heterocycles. The fourth-order valence-electron chi connectivity index (χ4n) is 4.05. The van der Waals surface area contributed by atoms with Crippen LogP contribution in [0.15, 0.2) is 66.7 Å². The summed E-state index contributed by atoms with van der Waals surface area (Å²) in [6.07, 6.45) is 7.05. The zero-order valence-corrected chi connectivity index (χ0v) is 17.9. The van der Waals surface area contributed by atoms with Crippen molar-refractivity contribution in [2.24, 2.45) is 0 Å². The van der Waals surface area contributed by atoms with E-state index in [0.717, 1.165) is 46.8 Å². The second-order valence-corrected chi connectivity index (χ2v) is 8.05. The summed E-state index contributed by atoms with van der Waals surface area (Å²) < 4.78 is 0. The monoisotopic (exact) mass is 395 g/mol. The van der Waals surface area contributed by atoms with E-state index in [-0.39, 0.29) is 0 Å². The summed E-state index contributed by atoms with van der Waals surface area (Å²) in [6, 6.07) is 23.3. The molecule has 2 aromatic carbocycles. The highest BCUT2D eigenvalue weighted by Gasteiger charge is 2.10. The normalized spacial score (nSPS) is 11.1. The Kier molecular flexibility index (Phi) is 6.48. The smallest absolute Gasteiger partial charge is 0.160 e. The highest BCUT2D eigenvalue weighted by atomic mass is 14.9. The van der Waals surface area contributed by atoms with Crippen LogP contribution in [0.4, 0.5) is 0 Å². The van der Waals surface area contributed by atoms with Crippen LogP contribution in [-0.4, -0.2) is 15.0 Å². The van der Waals surface area contributed by atoms with Crippen LogP contribution in [0.2, 0.25) is 0 Å². The molecular weight excluding hydrogens is 366 g/mol. The molecule has 3 nitrogen and oxygen atoms in total. The minimum absolute atomic E-state index is 0.807. The molecule has 4 rings (SSSR count). The van der Waals surface area contributed by atoms with Crippen molar-refractivity contribution >= 4 is 10.9 Å². The van der Waals surface area contributed by atoms with Gasteiger partial charge in [0.2, 0.25) is 0 Å². The standard InChI is InChI=1S/C27H29N3/c1-20-18-23(19-21(2)28-20)27-29-25(24-15-10-11-17-26(24)30-27)16-9-4-3-6-12-22-13-7-5-8-14-22/h5,7-8,10-11,13-15,17-19H,3-4,6,9,12,16H2,1-2H3. The fourth-order valence-corrected chi connectivity index (χ4v) is 4.05. The van der Waals surface area contributed by atoms with Gasteiger partial charge in [0, 0.05) is 22.3 Å². The number of para-hydroxylation sites is 1. The van der Waals surface area contributed by atoms with Crippen LogP contribution in [0.1, 0.15) is 48.3 Å². The molecule has 0 aliphatic rings. The summed E-state index contributed by atoms with van der Waals surface area (Å²) in [5, 5.41) is 1.17. The number of benzene rings is 2. The second-order valence-electron chi connectivity index (χ2n) is 8.05. The van der Waals surface area contributed by atoms with E-state index in [1.54, 1.807) is 0 Å². The van der Waals surface area contributed by atoms with Gasteiger partial charge in [0.1, 0.15) is 0 Å². The van der Waals surface area contributed by atoms with Crippen molar-refractivity contribution < 1.29 is 0 Å². The average molecular weight is 396 g/mol. The van der Waals surface area contributed by atoms with Gasteiger partial charge < -0.3 is 0 Å². The van der Waals surface area contributed by atoms with Crippen molar-refractivity contribution in [2.45, 2.75) is 52.4 Å². The maximum Gasteiger partial charge on any atom is 0.160 e. The van der Waals surface area contributed by atoms with E-state index in [0.29, 0.717) is 0 Å². The van der Waals surface area contributed by atoms with Crippen molar-refractivity contribution in [2.75, 3.05) is 0 Å². The molecule has 0 amide bonds. The minimum Gasteiger partial charge on any atom is -0.258 e. The highest BCUT2D eigenvalue weighted by molar-refractivity contribution is 5.82. The van der Waals surface area contributed by atoms with Crippen molar-refractivity contribution in [1.82, 2.24) is 15.0 Å². The van der Waals surface area contributed by atoms with Crippen molar-refractivity contribution in [3.63, 3.8) is 0 Å². The Morgan fingerprint density at radius 1 is 0.633 bits per heavy atom. The Hall–Kier alpha value is -3.07. The summed E-state index contributed by atoms with van der Waals surface area (Å²) in [5.41, 5.74) is 6.67. The quantitative estimate of drug-likeness (QED) is 0.313. The lowest BCUT2D eigenvalue weighted by molar-refractivity contribution is 0.637. The predicted molar refractivity (Wildman–Crippen MR) is 125 cm³/mol. The number of aromatic nitrogens is 3. The van der Waals surface area contributed by atoms with Crippen LogP contribution in [0.3, 0.4) is 0 Å². The number of pyridine rings is 1. The number of aryl methyl sites for hydroxylation is 4. The van der Waals surface area contributed by atoms with Gasteiger partial charge in [-0.25, -0.2) is 9.97 Å². The van der Waals surface area contributed by atoms with Crippen LogP contribution < -0.4 is 0 Å². The van der Waals surface area contributed by atoms with Gasteiger partial charge in [0.25, 0.3) is 0 Å². The largest absolute Gasteiger partial charge is 0.258 e. The number of nitrogens with zero attached hydrogens (tertiary/aromatic N) is 3. The topological polar surface area (TPSA) is 38.7 Å². The maximum atomic E-state index is 4.98. The molecule has 0 spiro atoms. The third-order valence-corrected chi connectivity index (χ3v) is 5.49. The van der Waals surface area contributed by atoms with E-state index in [2.05, 4.69) is 71.7 Å². The highest BCUT2D eigenvalue weighted by Crippen LogP contribution is 2.24. The van der Waals surface area contributed by atoms with Crippen molar-refractivity contribution in [3.8, 4) is 11.4 Å². The molecule has 0 radical (unpaired) electrons. The molecule has 0 N–H and O–H groups in total. The first-order chi connectivity index (χ1) is 14.7. The molecule has 0 atom stereocenters. The summed E-state index contributed by atoms with van der Waals surface area (Å²) in [6.45, 7) is 4.04. The SMILES string of the molecule is Cc1cc(-c2nc(CCCCCCc3ccccc3)c3ccccc3n2)cc(C)n1. The van der Waals surface area contributed by atoms with Gasteiger partial charge in [-0.15, -0.1) is 0 Å². The first-order valence-corrected chi connectivity index (χ1v) is 10.9. The minimum atomic E-state index is 0.807. The lowest BCUT2D eigenvalue weighted by atomic mass is 10.0. The van der Waals surface area contributed by atoms with E-state index in [1.807, 2.05) is 13.8 Å². The first kappa shape index (κ1) is 20.2. The molecule has 30 heavy (non-hydrogen) atoms. The molecule has 2 aromatic heterocycles. The van der Waals surface area contributed by atoms with E-state index < -0.39 is 0 Å². The molecule has 0 saturated heterocycles. The number of hydrogen-bond donors (Lipinski definition) is 0. The molecule has 2 heterocycles. The Morgan fingerprint density at radius 2 is 1.30 bits per heavy atom. The van der Waals surface area contributed by atoms with E-state index in [4.69, 9.17) is 9.97 Å². The van der Waals surface area contributed by atoms with Crippen LogP contribution in [0, 0.1) is 13.8 Å². The molecule has 0 fully saturated rings. The summed E-state index contributed by atoms with van der Waals surface area (Å²) in [4.78, 5) is 14.3. The van der Waals surface area contributed by atoms with Gasteiger partial charge in [0.15, 0.2) is 5.82 Å². The number of hydrogen-bond acceptors (Lipinski definition) is 3. The zero-order chi connectivity index (χ0) is 20.8. The molecule has 0 saturated carbocycles. The Morgan fingerprint density at radius 3 is 2.07 bits per heavy atom. The maximum absolute atomic E-state index is 4.98. The third kappa shape index (κ3) is 5.10. The lowest BCUT2D eigenvalue weighted by Gasteiger charge is -2.10. The van der Waals surface area contributed by atoms with Crippen LogP contribution >= 0.6 is 0 Å². The third-order valence-electron chi connectivity index (χ3n) is 5.49. The number of rotatable bonds is 8. The number of unbranched alkanes of at least 4 members (excludes halogenated alkanes) is 3. The molecule has 4 aromatic rings. The van der Waals surface area contributed by atoms with Crippen LogP contribution in [0.5, 0.6) is 0 Å². The second kappa shape index (κ2) is 9.62. The summed E-state index contributed by atoms with van der Waals surface area (Å²) in [7, 11) is 0. The van der Waals surface area contributed by atoms with Crippen molar-refractivity contribution in [3.05, 3.63) is 89.4 Å². The molecule has 3 heteroatoms. The molecule has 0 unspecified atom stereocenters.